The number of hydrogen-bond acceptors (Lipinski definition) is 4. The molecule has 0 aromatic heterocycles. The fourth-order valence-electron chi connectivity index (χ4n) is 2.93. The minimum atomic E-state index is -4.97. The van der Waals surface area contributed by atoms with Crippen LogP contribution >= 0.6 is 34.8 Å². The van der Waals surface area contributed by atoms with Gasteiger partial charge < -0.3 is 10.6 Å². The Bertz CT molecular complexity index is 1280. The summed E-state index contributed by atoms with van der Waals surface area (Å²) < 4.78 is 67.3. The number of alkyl halides is 3. The van der Waals surface area contributed by atoms with Crippen LogP contribution in [-0.2, 0) is 20.8 Å². The third-order valence-electron chi connectivity index (χ3n) is 4.30. The van der Waals surface area contributed by atoms with Gasteiger partial charge in [-0.2, -0.15) is 13.2 Å². The molecule has 3 aromatic carbocycles. The number of anilines is 2. The Morgan fingerprint density at radius 1 is 0.879 bits per heavy atom. The van der Waals surface area contributed by atoms with E-state index in [1.165, 1.54) is 30.3 Å². The molecule has 0 spiro atoms. The number of amides is 1. The second-order valence-corrected chi connectivity index (χ2v) is 9.89. The van der Waals surface area contributed by atoms with Gasteiger partial charge >= 0.3 is 6.18 Å². The Labute approximate surface area is 202 Å². The van der Waals surface area contributed by atoms with Gasteiger partial charge in [0.25, 0.3) is 0 Å². The monoisotopic (exact) mass is 536 g/mol. The number of sulfone groups is 1. The lowest BCUT2D eigenvalue weighted by atomic mass is 10.2. The zero-order valence-electron chi connectivity index (χ0n) is 16.4. The minimum Gasteiger partial charge on any atom is -0.375 e. The predicted octanol–water partition coefficient (Wildman–Crippen LogP) is 6.55. The summed E-state index contributed by atoms with van der Waals surface area (Å²) in [6, 6.07) is 11.8. The fraction of sp³-hybridized carbons (Fsp3) is 0.0952. The van der Waals surface area contributed by atoms with Gasteiger partial charge in [0, 0.05) is 20.8 Å². The number of carbonyl (C=O) groups is 1. The third-order valence-corrected chi connectivity index (χ3v) is 6.86. The summed E-state index contributed by atoms with van der Waals surface area (Å²) in [5.41, 5.74) is -1.50. The van der Waals surface area contributed by atoms with E-state index in [-0.39, 0.29) is 31.3 Å². The van der Waals surface area contributed by atoms with Gasteiger partial charge in [0.05, 0.1) is 22.7 Å². The van der Waals surface area contributed by atoms with Gasteiger partial charge in [0.1, 0.15) is 4.90 Å². The van der Waals surface area contributed by atoms with Crippen molar-refractivity contribution in [1.29, 1.82) is 0 Å². The van der Waals surface area contributed by atoms with Crippen molar-refractivity contribution in [2.45, 2.75) is 16.0 Å². The Morgan fingerprint density at radius 3 is 2.06 bits per heavy atom. The van der Waals surface area contributed by atoms with Gasteiger partial charge in [-0.25, -0.2) is 8.42 Å². The van der Waals surface area contributed by atoms with Crippen LogP contribution in [0.3, 0.4) is 0 Å². The summed E-state index contributed by atoms with van der Waals surface area (Å²) in [6.07, 6.45) is -4.97. The lowest BCUT2D eigenvalue weighted by molar-refractivity contribution is -0.139. The zero-order valence-corrected chi connectivity index (χ0v) is 19.5. The van der Waals surface area contributed by atoms with E-state index in [9.17, 15) is 26.4 Å². The van der Waals surface area contributed by atoms with Crippen molar-refractivity contribution in [2.24, 2.45) is 0 Å². The molecule has 0 fully saturated rings. The quantitative estimate of drug-likeness (QED) is 0.374. The molecule has 2 N–H and O–H groups in total. The van der Waals surface area contributed by atoms with E-state index in [4.69, 9.17) is 34.8 Å². The predicted molar refractivity (Wildman–Crippen MR) is 122 cm³/mol. The average Bonchev–Trinajstić information content (AvgIpc) is 2.71. The molecular weight excluding hydrogens is 524 g/mol. The molecule has 0 unspecified atom stereocenters. The number of nitrogens with one attached hydrogen (secondary N) is 2. The Balaban J connectivity index is 1.95. The topological polar surface area (TPSA) is 75.3 Å². The van der Waals surface area contributed by atoms with Gasteiger partial charge in [-0.15, -0.1) is 0 Å². The standard InChI is InChI=1S/C21H14Cl3F3N2O3S/c22-12-4-6-16(7-5-12)33(31,32)20-17(21(25,26)27)2-1-3-18(20)28-11-19(30)29-15-9-13(23)8-14(24)10-15/h1-10,28H,11H2,(H,29,30). The Kier molecular flexibility index (Phi) is 7.48. The minimum absolute atomic E-state index is 0.217. The number of hydrogen-bond donors (Lipinski definition) is 2. The first kappa shape index (κ1) is 25.2. The van der Waals surface area contributed by atoms with E-state index in [1.54, 1.807) is 0 Å². The second-order valence-electron chi connectivity index (χ2n) is 6.70. The lowest BCUT2D eigenvalue weighted by Gasteiger charge is -2.18. The van der Waals surface area contributed by atoms with E-state index < -0.39 is 38.9 Å². The molecule has 0 heterocycles. The molecule has 0 aliphatic carbocycles. The highest BCUT2D eigenvalue weighted by Gasteiger charge is 2.39. The Hall–Kier alpha value is -2.46. The maximum absolute atomic E-state index is 13.7. The van der Waals surface area contributed by atoms with E-state index in [0.29, 0.717) is 6.07 Å². The SMILES string of the molecule is O=C(CNc1cccc(C(F)(F)F)c1S(=O)(=O)c1ccc(Cl)cc1)Nc1cc(Cl)cc(Cl)c1. The highest BCUT2D eigenvalue weighted by Crippen LogP contribution is 2.40. The van der Waals surface area contributed by atoms with Gasteiger partial charge in [0.2, 0.25) is 15.7 Å². The van der Waals surface area contributed by atoms with E-state index >= 15 is 0 Å². The van der Waals surface area contributed by atoms with Crippen molar-refractivity contribution in [3.63, 3.8) is 0 Å². The smallest absolute Gasteiger partial charge is 0.375 e. The molecule has 0 atom stereocenters. The molecule has 174 valence electrons. The molecule has 3 aromatic rings. The largest absolute Gasteiger partial charge is 0.417 e. The van der Waals surface area contributed by atoms with Gasteiger partial charge in [0.15, 0.2) is 0 Å². The van der Waals surface area contributed by atoms with Crippen LogP contribution in [0.1, 0.15) is 5.56 Å². The first-order valence-electron chi connectivity index (χ1n) is 9.08. The summed E-state index contributed by atoms with van der Waals surface area (Å²) in [6.45, 7) is -0.533. The van der Waals surface area contributed by atoms with E-state index in [0.717, 1.165) is 24.3 Å². The van der Waals surface area contributed by atoms with Crippen LogP contribution in [0.5, 0.6) is 0 Å². The number of halogens is 6. The zero-order chi connectivity index (χ0) is 24.4. The summed E-state index contributed by atoms with van der Waals surface area (Å²) in [5, 5.41) is 5.70. The normalized spacial score (nSPS) is 11.8. The summed E-state index contributed by atoms with van der Waals surface area (Å²) >= 11 is 17.5. The maximum Gasteiger partial charge on any atom is 0.417 e. The fourth-order valence-corrected chi connectivity index (χ4v) is 5.21. The highest BCUT2D eigenvalue weighted by molar-refractivity contribution is 7.91. The van der Waals surface area contributed by atoms with E-state index in [1.807, 2.05) is 0 Å². The summed E-state index contributed by atoms with van der Waals surface area (Å²) in [5.74, 6) is -0.666. The molecule has 33 heavy (non-hydrogen) atoms. The van der Waals surface area contributed by atoms with Crippen LogP contribution < -0.4 is 10.6 Å². The van der Waals surface area contributed by atoms with Crippen molar-refractivity contribution >= 4 is 61.9 Å². The molecule has 3 rings (SSSR count). The summed E-state index contributed by atoms with van der Waals surface area (Å²) in [7, 11) is -4.63. The number of carbonyl (C=O) groups excluding carboxylic acids is 1. The van der Waals surface area contributed by atoms with Crippen molar-refractivity contribution in [1.82, 2.24) is 0 Å². The first-order valence-corrected chi connectivity index (χ1v) is 11.7. The molecule has 1 amide bonds. The number of benzene rings is 3. The lowest BCUT2D eigenvalue weighted by Crippen LogP contribution is -2.23. The van der Waals surface area contributed by atoms with Crippen molar-refractivity contribution in [3.8, 4) is 0 Å². The van der Waals surface area contributed by atoms with Crippen molar-refractivity contribution < 1.29 is 26.4 Å². The first-order chi connectivity index (χ1) is 15.4. The molecule has 0 radical (unpaired) electrons. The van der Waals surface area contributed by atoms with Gasteiger partial charge in [-0.1, -0.05) is 40.9 Å². The van der Waals surface area contributed by atoms with Gasteiger partial charge in [-0.3, -0.25) is 4.79 Å². The number of rotatable bonds is 6. The van der Waals surface area contributed by atoms with Gasteiger partial charge in [-0.05, 0) is 54.6 Å². The van der Waals surface area contributed by atoms with Crippen LogP contribution in [0.15, 0.2) is 70.5 Å². The maximum atomic E-state index is 13.7. The molecular formula is C21H14Cl3F3N2O3S. The third kappa shape index (κ3) is 6.11. The highest BCUT2D eigenvalue weighted by atomic mass is 35.5. The van der Waals surface area contributed by atoms with E-state index in [2.05, 4.69) is 10.6 Å². The second kappa shape index (κ2) is 9.80. The van der Waals surface area contributed by atoms with Crippen LogP contribution in [0, 0.1) is 0 Å². The van der Waals surface area contributed by atoms with Crippen molar-refractivity contribution in [3.05, 3.63) is 81.3 Å². The van der Waals surface area contributed by atoms with Crippen LogP contribution in [0.2, 0.25) is 15.1 Å². The molecule has 12 heteroatoms. The van der Waals surface area contributed by atoms with Crippen LogP contribution in [0.4, 0.5) is 24.5 Å². The molecule has 0 aliphatic rings. The van der Waals surface area contributed by atoms with Crippen molar-refractivity contribution in [2.75, 3.05) is 17.2 Å². The molecule has 0 saturated heterocycles. The summed E-state index contributed by atoms with van der Waals surface area (Å²) in [4.78, 5) is 10.9. The van der Waals surface area contributed by atoms with Crippen LogP contribution in [0.25, 0.3) is 0 Å². The molecule has 0 aliphatic heterocycles. The Morgan fingerprint density at radius 2 is 1.48 bits per heavy atom. The van der Waals surface area contributed by atoms with Crippen LogP contribution in [-0.4, -0.2) is 20.9 Å². The average molecular weight is 538 g/mol. The molecule has 5 nitrogen and oxygen atoms in total. The molecule has 0 bridgehead atoms. The molecule has 0 saturated carbocycles.